The topological polar surface area (TPSA) is 104 Å². The van der Waals surface area contributed by atoms with Gasteiger partial charge in [-0.3, -0.25) is 9.36 Å². The normalized spacial score (nSPS) is 18.1. The Balaban J connectivity index is 1.69. The average Bonchev–Trinajstić information content (AvgIpc) is 2.95. The quantitative estimate of drug-likeness (QED) is 0.644. The number of hydrogen-bond acceptors (Lipinski definition) is 6. The molecule has 0 radical (unpaired) electrons. The molecule has 1 aromatic carbocycles. The summed E-state index contributed by atoms with van der Waals surface area (Å²) in [5.41, 5.74) is 0.427. The molecule has 1 atom stereocenters. The highest BCUT2D eigenvalue weighted by atomic mass is 32.2. The van der Waals surface area contributed by atoms with Crippen molar-refractivity contribution in [2.45, 2.75) is 31.9 Å². The molecule has 1 unspecified atom stereocenters. The lowest BCUT2D eigenvalue weighted by Crippen LogP contribution is -2.39. The van der Waals surface area contributed by atoms with Crippen molar-refractivity contribution in [3.05, 3.63) is 52.2 Å². The molecule has 2 heterocycles. The number of rotatable bonds is 6. The van der Waals surface area contributed by atoms with Crippen molar-refractivity contribution in [1.82, 2.24) is 18.7 Å². The largest absolute Gasteiger partial charge is 0.459 e. The van der Waals surface area contributed by atoms with E-state index in [0.29, 0.717) is 18.8 Å². The number of nitrogens with zero attached hydrogens (tertiary/aromatic N) is 4. The summed E-state index contributed by atoms with van der Waals surface area (Å²) >= 11 is 0. The summed E-state index contributed by atoms with van der Waals surface area (Å²) in [6.07, 6.45) is 2.60. The number of benzene rings is 1. The van der Waals surface area contributed by atoms with Crippen LogP contribution >= 0.6 is 0 Å². The second kappa shape index (κ2) is 8.27. The molecule has 10 heteroatoms. The standard InChI is InChI=1S/C18H24N4O5S/c1-20-17(15-9-6-10-21(11-15)28(2,25)26)19-22(18(20)24)12-16(23)27-13-14-7-4-3-5-8-14/h3-5,7-8,15H,6,9-13H2,1-2H3. The van der Waals surface area contributed by atoms with Crippen LogP contribution in [0.3, 0.4) is 0 Å². The van der Waals surface area contributed by atoms with Gasteiger partial charge in [-0.15, -0.1) is 0 Å². The molecule has 28 heavy (non-hydrogen) atoms. The van der Waals surface area contributed by atoms with Crippen LogP contribution in [0.4, 0.5) is 0 Å². The summed E-state index contributed by atoms with van der Waals surface area (Å²) in [5, 5.41) is 4.29. The van der Waals surface area contributed by atoms with Gasteiger partial charge in [-0.05, 0) is 18.4 Å². The first kappa shape index (κ1) is 20.3. The minimum absolute atomic E-state index is 0.125. The highest BCUT2D eigenvalue weighted by molar-refractivity contribution is 7.88. The van der Waals surface area contributed by atoms with Crippen LogP contribution in [0.2, 0.25) is 0 Å². The van der Waals surface area contributed by atoms with Gasteiger partial charge in [0.25, 0.3) is 0 Å². The number of hydrogen-bond donors (Lipinski definition) is 0. The molecule has 0 spiro atoms. The molecule has 152 valence electrons. The molecule has 0 bridgehead atoms. The van der Waals surface area contributed by atoms with E-state index < -0.39 is 21.7 Å². The van der Waals surface area contributed by atoms with Gasteiger partial charge in [-0.1, -0.05) is 30.3 Å². The monoisotopic (exact) mass is 408 g/mol. The summed E-state index contributed by atoms with van der Waals surface area (Å²) in [5.74, 6) is -0.269. The fourth-order valence-corrected chi connectivity index (χ4v) is 4.24. The molecule has 0 aliphatic carbocycles. The van der Waals surface area contributed by atoms with E-state index in [2.05, 4.69) is 5.10 Å². The van der Waals surface area contributed by atoms with E-state index in [0.717, 1.165) is 16.7 Å². The number of piperidine rings is 1. The van der Waals surface area contributed by atoms with E-state index in [1.54, 1.807) is 7.05 Å². The van der Waals surface area contributed by atoms with E-state index in [9.17, 15) is 18.0 Å². The first-order chi connectivity index (χ1) is 13.3. The number of aromatic nitrogens is 3. The van der Waals surface area contributed by atoms with Crippen LogP contribution < -0.4 is 5.69 Å². The number of carbonyl (C=O) groups is 1. The minimum Gasteiger partial charge on any atom is -0.459 e. The maximum Gasteiger partial charge on any atom is 0.346 e. The smallest absolute Gasteiger partial charge is 0.346 e. The number of ether oxygens (including phenoxy) is 1. The lowest BCUT2D eigenvalue weighted by Gasteiger charge is -2.30. The highest BCUT2D eigenvalue weighted by Gasteiger charge is 2.30. The van der Waals surface area contributed by atoms with E-state index in [4.69, 9.17) is 4.74 Å². The Morgan fingerprint density at radius 3 is 2.68 bits per heavy atom. The molecule has 0 amide bonds. The molecule has 1 aliphatic rings. The number of sulfonamides is 1. The second-order valence-electron chi connectivity index (χ2n) is 6.96. The van der Waals surface area contributed by atoms with Gasteiger partial charge in [0.1, 0.15) is 19.0 Å². The van der Waals surface area contributed by atoms with E-state index in [-0.39, 0.29) is 25.6 Å². The van der Waals surface area contributed by atoms with Crippen LogP contribution in [-0.2, 0) is 39.8 Å². The molecule has 1 saturated heterocycles. The van der Waals surface area contributed by atoms with E-state index in [1.807, 2.05) is 30.3 Å². The van der Waals surface area contributed by atoms with E-state index >= 15 is 0 Å². The van der Waals surface area contributed by atoms with Gasteiger partial charge in [-0.25, -0.2) is 22.2 Å². The Kier molecular flexibility index (Phi) is 5.99. The molecule has 0 N–H and O–H groups in total. The van der Waals surface area contributed by atoms with Gasteiger partial charge >= 0.3 is 11.7 Å². The summed E-state index contributed by atoms with van der Waals surface area (Å²) < 4.78 is 32.7. The molecule has 1 aromatic heterocycles. The predicted molar refractivity (Wildman–Crippen MR) is 102 cm³/mol. The SMILES string of the molecule is Cn1c(C2CCCN(S(C)(=O)=O)C2)nn(CC(=O)OCc2ccccc2)c1=O. The maximum atomic E-state index is 12.4. The summed E-state index contributed by atoms with van der Waals surface area (Å²) in [6.45, 7) is 0.583. The molecule has 1 aliphatic heterocycles. The average molecular weight is 408 g/mol. The zero-order chi connectivity index (χ0) is 20.3. The van der Waals surface area contributed by atoms with Crippen molar-refractivity contribution >= 4 is 16.0 Å². The number of carbonyl (C=O) groups excluding carboxylic acids is 1. The molecular weight excluding hydrogens is 384 g/mol. The summed E-state index contributed by atoms with van der Waals surface area (Å²) in [7, 11) is -1.72. The molecule has 0 saturated carbocycles. The van der Waals surface area contributed by atoms with Gasteiger partial charge in [-0.2, -0.15) is 5.10 Å². The van der Waals surface area contributed by atoms with Crippen molar-refractivity contribution < 1.29 is 17.9 Å². The maximum absolute atomic E-state index is 12.4. The van der Waals surface area contributed by atoms with Gasteiger partial charge in [0.05, 0.1) is 6.26 Å². The van der Waals surface area contributed by atoms with Crippen molar-refractivity contribution in [3.8, 4) is 0 Å². The summed E-state index contributed by atoms with van der Waals surface area (Å²) in [6, 6.07) is 9.26. The summed E-state index contributed by atoms with van der Waals surface area (Å²) in [4.78, 5) is 24.5. The third-order valence-corrected chi connectivity index (χ3v) is 6.08. The van der Waals surface area contributed by atoms with Crippen molar-refractivity contribution in [1.29, 1.82) is 0 Å². The Hall–Kier alpha value is -2.46. The molecule has 2 aromatic rings. The van der Waals surface area contributed by atoms with Crippen LogP contribution in [0, 0.1) is 0 Å². The lowest BCUT2D eigenvalue weighted by molar-refractivity contribution is -0.146. The Morgan fingerprint density at radius 1 is 1.29 bits per heavy atom. The second-order valence-corrected chi connectivity index (χ2v) is 8.95. The van der Waals surface area contributed by atoms with E-state index in [1.165, 1.54) is 15.1 Å². The van der Waals surface area contributed by atoms with Crippen LogP contribution in [0.25, 0.3) is 0 Å². The lowest BCUT2D eigenvalue weighted by atomic mass is 9.99. The molecular formula is C18H24N4O5S. The molecule has 3 rings (SSSR count). The highest BCUT2D eigenvalue weighted by Crippen LogP contribution is 2.26. The van der Waals surface area contributed by atoms with Crippen LogP contribution in [0.1, 0.15) is 30.1 Å². The predicted octanol–water partition coefficient (Wildman–Crippen LogP) is 0.464. The third-order valence-electron chi connectivity index (χ3n) is 4.81. The Labute approximate surface area is 163 Å². The zero-order valence-electron chi connectivity index (χ0n) is 15.9. The molecule has 9 nitrogen and oxygen atoms in total. The first-order valence-electron chi connectivity index (χ1n) is 9.04. The van der Waals surface area contributed by atoms with Crippen LogP contribution in [-0.4, -0.2) is 52.4 Å². The first-order valence-corrected chi connectivity index (χ1v) is 10.9. The van der Waals surface area contributed by atoms with Gasteiger partial charge in [0, 0.05) is 26.1 Å². The van der Waals surface area contributed by atoms with Crippen LogP contribution in [0.15, 0.2) is 35.1 Å². The third kappa shape index (κ3) is 4.68. The fraction of sp³-hybridized carbons (Fsp3) is 0.500. The van der Waals surface area contributed by atoms with Crippen LogP contribution in [0.5, 0.6) is 0 Å². The van der Waals surface area contributed by atoms with Crippen molar-refractivity contribution in [2.75, 3.05) is 19.3 Å². The van der Waals surface area contributed by atoms with Gasteiger partial charge in [0.15, 0.2) is 0 Å². The minimum atomic E-state index is -3.30. The Bertz CT molecular complexity index is 997. The van der Waals surface area contributed by atoms with Crippen molar-refractivity contribution in [3.63, 3.8) is 0 Å². The van der Waals surface area contributed by atoms with Gasteiger partial charge in [0.2, 0.25) is 10.0 Å². The van der Waals surface area contributed by atoms with Crippen molar-refractivity contribution in [2.24, 2.45) is 7.05 Å². The fourth-order valence-electron chi connectivity index (χ4n) is 3.32. The van der Waals surface area contributed by atoms with Gasteiger partial charge < -0.3 is 4.74 Å². The molecule has 1 fully saturated rings. The number of esters is 1. The Morgan fingerprint density at radius 2 is 2.00 bits per heavy atom. The zero-order valence-corrected chi connectivity index (χ0v) is 16.8.